The topological polar surface area (TPSA) is 17.1 Å². The second-order valence-electron chi connectivity index (χ2n) is 4.62. The molecule has 2 unspecified atom stereocenters. The van der Waals surface area contributed by atoms with Gasteiger partial charge < -0.3 is 0 Å². The molecule has 2 atom stereocenters. The molecule has 1 rings (SSSR count). The van der Waals surface area contributed by atoms with Gasteiger partial charge in [0.05, 0.1) is 0 Å². The molecule has 0 N–H and O–H groups in total. The summed E-state index contributed by atoms with van der Waals surface area (Å²) in [6.45, 7) is 8.37. The van der Waals surface area contributed by atoms with Crippen LogP contribution in [0, 0.1) is 5.92 Å². The lowest BCUT2D eigenvalue weighted by Gasteiger charge is -2.33. The van der Waals surface area contributed by atoms with Crippen molar-refractivity contribution in [2.24, 2.45) is 5.92 Å². The highest BCUT2D eigenvalue weighted by Crippen LogP contribution is 2.41. The summed E-state index contributed by atoms with van der Waals surface area (Å²) in [6.07, 6.45) is 1.63. The SMILES string of the molecule is CCC(=O)C(C)C(C)(CC)Sc1ccccc1. The van der Waals surface area contributed by atoms with E-state index >= 15 is 0 Å². The summed E-state index contributed by atoms with van der Waals surface area (Å²) in [7, 11) is 0. The molecule has 0 aliphatic rings. The van der Waals surface area contributed by atoms with Crippen LogP contribution in [-0.2, 0) is 4.79 Å². The van der Waals surface area contributed by atoms with E-state index in [0.29, 0.717) is 12.2 Å². The van der Waals surface area contributed by atoms with Gasteiger partial charge in [0, 0.05) is 22.0 Å². The van der Waals surface area contributed by atoms with Crippen LogP contribution in [0.4, 0.5) is 0 Å². The van der Waals surface area contributed by atoms with Gasteiger partial charge in [-0.3, -0.25) is 4.79 Å². The van der Waals surface area contributed by atoms with E-state index in [4.69, 9.17) is 0 Å². The summed E-state index contributed by atoms with van der Waals surface area (Å²) in [5.41, 5.74) is 0. The molecule has 0 aliphatic carbocycles. The van der Waals surface area contributed by atoms with E-state index in [1.165, 1.54) is 4.90 Å². The zero-order chi connectivity index (χ0) is 12.9. The van der Waals surface area contributed by atoms with Gasteiger partial charge >= 0.3 is 0 Å². The van der Waals surface area contributed by atoms with Crippen molar-refractivity contribution in [3.05, 3.63) is 30.3 Å². The third-order valence-corrected chi connectivity index (χ3v) is 5.16. The fraction of sp³-hybridized carbons (Fsp3) is 0.533. The monoisotopic (exact) mass is 250 g/mol. The molecule has 1 nitrogen and oxygen atoms in total. The van der Waals surface area contributed by atoms with Crippen molar-refractivity contribution in [2.75, 3.05) is 0 Å². The Hall–Kier alpha value is -0.760. The Balaban J connectivity index is 2.85. The van der Waals surface area contributed by atoms with Crippen molar-refractivity contribution < 1.29 is 4.79 Å². The van der Waals surface area contributed by atoms with Gasteiger partial charge in [-0.2, -0.15) is 0 Å². The molecule has 0 aromatic heterocycles. The molecular formula is C15H22OS. The summed E-state index contributed by atoms with van der Waals surface area (Å²) in [4.78, 5) is 13.1. The summed E-state index contributed by atoms with van der Waals surface area (Å²) >= 11 is 1.82. The van der Waals surface area contributed by atoms with Gasteiger partial charge in [-0.25, -0.2) is 0 Å². The minimum atomic E-state index is -0.00551. The van der Waals surface area contributed by atoms with Crippen molar-refractivity contribution in [3.8, 4) is 0 Å². The van der Waals surface area contributed by atoms with E-state index in [-0.39, 0.29) is 10.7 Å². The number of ketones is 1. The van der Waals surface area contributed by atoms with E-state index in [1.54, 1.807) is 0 Å². The number of hydrogen-bond acceptors (Lipinski definition) is 2. The summed E-state index contributed by atoms with van der Waals surface area (Å²) in [5.74, 6) is 0.459. The maximum atomic E-state index is 11.9. The number of carbonyl (C=O) groups is 1. The van der Waals surface area contributed by atoms with Crippen LogP contribution in [0.1, 0.15) is 40.5 Å². The zero-order valence-corrected chi connectivity index (χ0v) is 12.0. The lowest BCUT2D eigenvalue weighted by atomic mass is 9.88. The predicted octanol–water partition coefficient (Wildman–Crippen LogP) is 4.56. The number of hydrogen-bond donors (Lipinski definition) is 0. The molecule has 0 bridgehead atoms. The molecule has 0 aliphatic heterocycles. The van der Waals surface area contributed by atoms with Gasteiger partial charge in [-0.05, 0) is 25.5 Å². The Bertz CT molecular complexity index is 360. The third-order valence-electron chi connectivity index (χ3n) is 3.54. The van der Waals surface area contributed by atoms with Crippen LogP contribution in [-0.4, -0.2) is 10.5 Å². The first-order chi connectivity index (χ1) is 8.03. The number of rotatable bonds is 6. The lowest BCUT2D eigenvalue weighted by Crippen LogP contribution is -2.33. The van der Waals surface area contributed by atoms with Crippen LogP contribution in [0.5, 0.6) is 0 Å². The molecule has 17 heavy (non-hydrogen) atoms. The molecule has 1 aromatic rings. The van der Waals surface area contributed by atoms with Crippen molar-refractivity contribution in [2.45, 2.75) is 50.2 Å². The molecule has 0 fully saturated rings. The van der Waals surface area contributed by atoms with E-state index in [2.05, 4.69) is 32.9 Å². The Labute approximate surface area is 109 Å². The van der Waals surface area contributed by atoms with Gasteiger partial charge in [0.2, 0.25) is 0 Å². The van der Waals surface area contributed by atoms with Gasteiger partial charge in [0.15, 0.2) is 0 Å². The van der Waals surface area contributed by atoms with Crippen molar-refractivity contribution in [1.29, 1.82) is 0 Å². The number of carbonyl (C=O) groups excluding carboxylic acids is 1. The highest BCUT2D eigenvalue weighted by atomic mass is 32.2. The lowest BCUT2D eigenvalue weighted by molar-refractivity contribution is -0.122. The van der Waals surface area contributed by atoms with Gasteiger partial charge in [-0.1, -0.05) is 39.0 Å². The summed E-state index contributed by atoms with van der Waals surface area (Å²) < 4.78 is -0.00551. The molecule has 0 spiro atoms. The Kier molecular flexibility index (Phi) is 5.26. The standard InChI is InChI=1S/C15H22OS/c1-5-14(16)12(3)15(4,6-2)17-13-10-8-7-9-11-13/h7-12H,5-6H2,1-4H3. The second kappa shape index (κ2) is 6.25. The number of Topliss-reactive ketones (excluding diaryl/α,β-unsaturated/α-hetero) is 1. The summed E-state index contributed by atoms with van der Waals surface area (Å²) in [6, 6.07) is 10.3. The molecular weight excluding hydrogens is 228 g/mol. The van der Waals surface area contributed by atoms with E-state index in [0.717, 1.165) is 6.42 Å². The van der Waals surface area contributed by atoms with Gasteiger partial charge in [-0.15, -0.1) is 11.8 Å². The molecule has 0 heterocycles. The first-order valence-electron chi connectivity index (χ1n) is 6.30. The van der Waals surface area contributed by atoms with E-state index < -0.39 is 0 Å². The summed E-state index contributed by atoms with van der Waals surface area (Å²) in [5, 5.41) is 0. The normalized spacial score (nSPS) is 16.2. The Morgan fingerprint density at radius 3 is 2.35 bits per heavy atom. The Morgan fingerprint density at radius 2 is 1.88 bits per heavy atom. The average Bonchev–Trinajstić information content (AvgIpc) is 2.37. The van der Waals surface area contributed by atoms with E-state index in [1.807, 2.05) is 36.9 Å². The fourth-order valence-corrected chi connectivity index (χ4v) is 3.16. The highest BCUT2D eigenvalue weighted by molar-refractivity contribution is 8.00. The van der Waals surface area contributed by atoms with E-state index in [9.17, 15) is 4.79 Å². The molecule has 0 amide bonds. The molecule has 2 heteroatoms. The van der Waals surface area contributed by atoms with Crippen molar-refractivity contribution >= 4 is 17.5 Å². The number of benzene rings is 1. The fourth-order valence-electron chi connectivity index (χ4n) is 1.87. The zero-order valence-electron chi connectivity index (χ0n) is 11.2. The average molecular weight is 250 g/mol. The number of thioether (sulfide) groups is 1. The van der Waals surface area contributed by atoms with Crippen LogP contribution in [0.25, 0.3) is 0 Å². The largest absolute Gasteiger partial charge is 0.299 e. The van der Waals surface area contributed by atoms with Gasteiger partial charge in [0.25, 0.3) is 0 Å². The third kappa shape index (κ3) is 3.60. The van der Waals surface area contributed by atoms with Crippen LogP contribution in [0.3, 0.4) is 0 Å². The van der Waals surface area contributed by atoms with Gasteiger partial charge in [0.1, 0.15) is 5.78 Å². The maximum Gasteiger partial charge on any atom is 0.136 e. The van der Waals surface area contributed by atoms with Crippen LogP contribution in [0.15, 0.2) is 35.2 Å². The quantitative estimate of drug-likeness (QED) is 0.688. The molecule has 0 radical (unpaired) electrons. The minimum Gasteiger partial charge on any atom is -0.299 e. The first kappa shape index (κ1) is 14.3. The van der Waals surface area contributed by atoms with Crippen LogP contribution >= 0.6 is 11.8 Å². The highest BCUT2D eigenvalue weighted by Gasteiger charge is 2.34. The first-order valence-corrected chi connectivity index (χ1v) is 7.12. The predicted molar refractivity (Wildman–Crippen MR) is 75.5 cm³/mol. The smallest absolute Gasteiger partial charge is 0.136 e. The maximum absolute atomic E-state index is 11.9. The molecule has 0 saturated heterocycles. The second-order valence-corrected chi connectivity index (χ2v) is 6.23. The van der Waals surface area contributed by atoms with Crippen LogP contribution in [0.2, 0.25) is 0 Å². The van der Waals surface area contributed by atoms with Crippen molar-refractivity contribution in [1.82, 2.24) is 0 Å². The molecule has 0 saturated carbocycles. The van der Waals surface area contributed by atoms with Crippen LogP contribution < -0.4 is 0 Å². The van der Waals surface area contributed by atoms with Crippen molar-refractivity contribution in [3.63, 3.8) is 0 Å². The Morgan fingerprint density at radius 1 is 1.29 bits per heavy atom. The minimum absolute atomic E-state index is 0.00551. The molecule has 94 valence electrons. The molecule has 1 aromatic carbocycles.